The molecule has 0 spiro atoms. The Labute approximate surface area is 63.6 Å². The van der Waals surface area contributed by atoms with E-state index in [1.165, 1.54) is 0 Å². The molecule has 0 saturated heterocycles. The summed E-state index contributed by atoms with van der Waals surface area (Å²) in [6, 6.07) is 0. The summed E-state index contributed by atoms with van der Waals surface area (Å²) in [6.07, 6.45) is 0. The van der Waals surface area contributed by atoms with Crippen LogP contribution >= 0.6 is 0 Å². The van der Waals surface area contributed by atoms with Crippen LogP contribution in [0.25, 0.3) is 0 Å². The molecule has 3 nitrogen and oxygen atoms in total. The van der Waals surface area contributed by atoms with Crippen molar-refractivity contribution >= 4 is 5.96 Å². The zero-order valence-electron chi connectivity index (χ0n) is 7.84. The fourth-order valence-electron chi connectivity index (χ4n) is 1.10. The lowest BCUT2D eigenvalue weighted by molar-refractivity contribution is -0.782. The minimum absolute atomic E-state index is 0.767. The summed E-state index contributed by atoms with van der Waals surface area (Å²) in [7, 11) is 12.1. The molecule has 0 aliphatic rings. The molecule has 0 aliphatic heterocycles. The number of hydrogen-bond acceptors (Lipinski definition) is 1. The van der Waals surface area contributed by atoms with E-state index in [0.29, 0.717) is 0 Å². The Hall–Kier alpha value is -0.570. The van der Waals surface area contributed by atoms with E-state index in [-0.39, 0.29) is 0 Å². The van der Waals surface area contributed by atoms with Crippen molar-refractivity contribution < 1.29 is 4.48 Å². The minimum Gasteiger partial charge on any atom is -0.317 e. The van der Waals surface area contributed by atoms with Crippen molar-refractivity contribution in [3.63, 3.8) is 0 Å². The maximum Gasteiger partial charge on any atom is 0.298 e. The molecule has 0 aliphatic carbocycles. The first-order chi connectivity index (χ1) is 4.39. The van der Waals surface area contributed by atoms with E-state index >= 15 is 0 Å². The number of aliphatic imine (C=N–C) groups is 1. The highest BCUT2D eigenvalue weighted by molar-refractivity contribution is 5.72. The standard InChI is InChI=1S/C7H18N3/c1-8-7(9(2)3)10(4,5)6/h1-6H3/q+1. The lowest BCUT2D eigenvalue weighted by atomic mass is 10.6. The van der Waals surface area contributed by atoms with Gasteiger partial charge in [-0.05, 0) is 0 Å². The molecule has 60 valence electrons. The maximum absolute atomic E-state index is 4.17. The second-order valence-corrected chi connectivity index (χ2v) is 3.43. The van der Waals surface area contributed by atoms with Gasteiger partial charge in [-0.1, -0.05) is 0 Å². The third-order valence-corrected chi connectivity index (χ3v) is 1.20. The van der Waals surface area contributed by atoms with Crippen LogP contribution < -0.4 is 0 Å². The molecule has 0 aromatic carbocycles. The highest BCUT2D eigenvalue weighted by Crippen LogP contribution is 1.96. The summed E-state index contributed by atoms with van der Waals surface area (Å²) in [4.78, 5) is 6.20. The summed E-state index contributed by atoms with van der Waals surface area (Å²) in [5, 5.41) is 0. The molecule has 0 atom stereocenters. The van der Waals surface area contributed by atoms with Gasteiger partial charge in [0.2, 0.25) is 0 Å². The Morgan fingerprint density at radius 1 is 1.20 bits per heavy atom. The molecule has 0 aromatic heterocycles. The van der Waals surface area contributed by atoms with E-state index < -0.39 is 0 Å². The summed E-state index contributed by atoms with van der Waals surface area (Å²) < 4.78 is 0.767. The van der Waals surface area contributed by atoms with Crippen LogP contribution in [0.4, 0.5) is 0 Å². The topological polar surface area (TPSA) is 15.6 Å². The van der Waals surface area contributed by atoms with E-state index in [9.17, 15) is 0 Å². The smallest absolute Gasteiger partial charge is 0.298 e. The molecule has 0 rings (SSSR count). The number of hydrogen-bond donors (Lipinski definition) is 0. The van der Waals surface area contributed by atoms with E-state index in [4.69, 9.17) is 0 Å². The van der Waals surface area contributed by atoms with Gasteiger partial charge in [-0.2, -0.15) is 0 Å². The van der Waals surface area contributed by atoms with Crippen molar-refractivity contribution in [3.05, 3.63) is 0 Å². The van der Waals surface area contributed by atoms with Gasteiger partial charge in [-0.3, -0.25) is 4.48 Å². The van der Waals surface area contributed by atoms with Gasteiger partial charge in [0.15, 0.2) is 0 Å². The van der Waals surface area contributed by atoms with Gasteiger partial charge in [0, 0.05) is 21.1 Å². The molecule has 0 heterocycles. The predicted octanol–water partition coefficient (Wildman–Crippen LogP) is 0.240. The molecule has 0 N–H and O–H groups in total. The Bertz CT molecular complexity index is 130. The van der Waals surface area contributed by atoms with Gasteiger partial charge in [-0.25, -0.2) is 4.99 Å². The van der Waals surface area contributed by atoms with Gasteiger partial charge >= 0.3 is 0 Å². The van der Waals surface area contributed by atoms with Crippen molar-refractivity contribution in [1.82, 2.24) is 4.90 Å². The first kappa shape index (κ1) is 9.43. The third-order valence-electron chi connectivity index (χ3n) is 1.20. The lowest BCUT2D eigenvalue weighted by Crippen LogP contribution is -2.48. The van der Waals surface area contributed by atoms with Gasteiger partial charge in [0.1, 0.15) is 0 Å². The Kier molecular flexibility index (Phi) is 2.84. The van der Waals surface area contributed by atoms with E-state index in [2.05, 4.69) is 26.1 Å². The van der Waals surface area contributed by atoms with E-state index in [0.717, 1.165) is 10.4 Å². The quantitative estimate of drug-likeness (QED) is 0.270. The molecule has 0 radical (unpaired) electrons. The maximum atomic E-state index is 4.17. The van der Waals surface area contributed by atoms with Crippen molar-refractivity contribution in [3.8, 4) is 0 Å². The second kappa shape index (κ2) is 3.01. The third kappa shape index (κ3) is 2.35. The fourth-order valence-corrected chi connectivity index (χ4v) is 1.10. The zero-order chi connectivity index (χ0) is 8.36. The number of guanidine groups is 1. The summed E-state index contributed by atoms with van der Waals surface area (Å²) in [5.74, 6) is 1.07. The van der Waals surface area contributed by atoms with Gasteiger partial charge < -0.3 is 4.90 Å². The van der Waals surface area contributed by atoms with Crippen LogP contribution in [0.2, 0.25) is 0 Å². The highest BCUT2D eigenvalue weighted by atomic mass is 15.4. The zero-order valence-corrected chi connectivity index (χ0v) is 7.84. The average molecular weight is 144 g/mol. The first-order valence-corrected chi connectivity index (χ1v) is 3.35. The molecule has 0 unspecified atom stereocenters. The fraction of sp³-hybridized carbons (Fsp3) is 0.857. The Morgan fingerprint density at radius 3 is 1.60 bits per heavy atom. The van der Waals surface area contributed by atoms with E-state index in [1.54, 1.807) is 0 Å². The first-order valence-electron chi connectivity index (χ1n) is 3.35. The highest BCUT2D eigenvalue weighted by Gasteiger charge is 2.18. The number of quaternary nitrogens is 1. The normalized spacial score (nSPS) is 13.6. The molecule has 0 amide bonds. The monoisotopic (exact) mass is 144 g/mol. The molecular formula is C7H18N3+. The summed E-state index contributed by atoms with van der Waals surface area (Å²) in [5.41, 5.74) is 0. The molecule has 0 saturated carbocycles. The van der Waals surface area contributed by atoms with Crippen molar-refractivity contribution in [1.29, 1.82) is 0 Å². The number of nitrogens with zero attached hydrogens (tertiary/aromatic N) is 3. The van der Waals surface area contributed by atoms with Crippen LogP contribution in [0.15, 0.2) is 4.99 Å². The largest absolute Gasteiger partial charge is 0.317 e. The van der Waals surface area contributed by atoms with Gasteiger partial charge in [0.05, 0.1) is 21.1 Å². The molecule has 0 bridgehead atoms. The van der Waals surface area contributed by atoms with Crippen LogP contribution in [0.5, 0.6) is 0 Å². The van der Waals surface area contributed by atoms with E-state index in [1.807, 2.05) is 26.0 Å². The van der Waals surface area contributed by atoms with Crippen LogP contribution in [0, 0.1) is 0 Å². The molecule has 0 aromatic rings. The minimum atomic E-state index is 0.767. The summed E-state index contributed by atoms with van der Waals surface area (Å²) in [6.45, 7) is 0. The van der Waals surface area contributed by atoms with Crippen LogP contribution in [-0.2, 0) is 0 Å². The van der Waals surface area contributed by atoms with Crippen molar-refractivity contribution in [2.24, 2.45) is 4.99 Å². The Balaban J connectivity index is 4.40. The average Bonchev–Trinajstić information content (AvgIpc) is 1.60. The van der Waals surface area contributed by atoms with Crippen LogP contribution in [-0.4, -0.2) is 57.6 Å². The predicted molar refractivity (Wildman–Crippen MR) is 45.1 cm³/mol. The molecular weight excluding hydrogens is 126 g/mol. The van der Waals surface area contributed by atoms with Gasteiger partial charge in [-0.15, -0.1) is 0 Å². The van der Waals surface area contributed by atoms with Crippen molar-refractivity contribution in [2.75, 3.05) is 42.3 Å². The molecule has 10 heavy (non-hydrogen) atoms. The summed E-state index contributed by atoms with van der Waals surface area (Å²) >= 11 is 0. The lowest BCUT2D eigenvalue weighted by Gasteiger charge is -2.28. The number of rotatable bonds is 0. The second-order valence-electron chi connectivity index (χ2n) is 3.43. The molecule has 3 heteroatoms. The molecule has 0 fully saturated rings. The van der Waals surface area contributed by atoms with Crippen LogP contribution in [0.1, 0.15) is 0 Å². The Morgan fingerprint density at radius 2 is 1.60 bits per heavy atom. The van der Waals surface area contributed by atoms with Crippen molar-refractivity contribution in [2.45, 2.75) is 0 Å². The van der Waals surface area contributed by atoms with Gasteiger partial charge in [0.25, 0.3) is 5.96 Å². The van der Waals surface area contributed by atoms with Crippen LogP contribution in [0.3, 0.4) is 0 Å². The SMILES string of the molecule is CN=C(N(C)C)[N+](C)(C)C.